The highest BCUT2D eigenvalue weighted by Gasteiger charge is 2.38. The van der Waals surface area contributed by atoms with Crippen molar-refractivity contribution in [1.29, 1.82) is 0 Å². The molecule has 2 atom stereocenters. The van der Waals surface area contributed by atoms with Crippen molar-refractivity contribution in [2.24, 2.45) is 0 Å². The average Bonchev–Trinajstić information content (AvgIpc) is 2.83. The fraction of sp³-hybridized carbons (Fsp3) is 0.500. The lowest BCUT2D eigenvalue weighted by Crippen LogP contribution is -2.41. The Morgan fingerprint density at radius 2 is 1.95 bits per heavy atom. The number of ether oxygens (including phenoxy) is 2. The molecule has 2 rings (SSSR count). The summed E-state index contributed by atoms with van der Waals surface area (Å²) in [6.45, 7) is 5.56. The summed E-state index contributed by atoms with van der Waals surface area (Å²) in [5, 5.41) is 0. The molecule has 1 saturated heterocycles. The molecule has 0 saturated carbocycles. The van der Waals surface area contributed by atoms with Crippen LogP contribution >= 0.6 is 0 Å². The normalized spacial score (nSPS) is 21.5. The van der Waals surface area contributed by atoms with E-state index in [4.69, 9.17) is 9.47 Å². The van der Waals surface area contributed by atoms with Crippen LogP contribution in [0.2, 0.25) is 0 Å². The van der Waals surface area contributed by atoms with Crippen molar-refractivity contribution in [3.63, 3.8) is 0 Å². The summed E-state index contributed by atoms with van der Waals surface area (Å²) < 4.78 is 23.9. The molecule has 0 aromatic heterocycles. The van der Waals surface area contributed by atoms with Crippen LogP contribution in [0.15, 0.2) is 24.3 Å². The van der Waals surface area contributed by atoms with Crippen molar-refractivity contribution in [1.82, 2.24) is 4.90 Å². The first-order valence-electron chi connectivity index (χ1n) is 7.15. The van der Waals surface area contributed by atoms with Crippen molar-refractivity contribution in [2.45, 2.75) is 44.9 Å². The van der Waals surface area contributed by atoms with E-state index in [0.717, 1.165) is 6.29 Å². The van der Waals surface area contributed by atoms with Crippen LogP contribution in [0, 0.1) is 5.82 Å². The lowest BCUT2D eigenvalue weighted by atomic mass is 10.2. The molecule has 0 unspecified atom stereocenters. The predicted molar refractivity (Wildman–Crippen MR) is 78.2 cm³/mol. The quantitative estimate of drug-likeness (QED) is 0.806. The molecule has 6 heteroatoms. The minimum Gasteiger partial charge on any atom is -0.488 e. The number of hydrogen-bond donors (Lipinski definition) is 0. The summed E-state index contributed by atoms with van der Waals surface area (Å²) in [5.41, 5.74) is -0.625. The van der Waals surface area contributed by atoms with Gasteiger partial charge in [0.1, 0.15) is 29.6 Å². The molecule has 1 aromatic rings. The molecule has 1 heterocycles. The first kappa shape index (κ1) is 16.3. The van der Waals surface area contributed by atoms with Crippen LogP contribution in [-0.2, 0) is 9.53 Å². The maximum absolute atomic E-state index is 12.9. The number of halogens is 1. The van der Waals surface area contributed by atoms with Crippen LogP contribution in [0.4, 0.5) is 9.18 Å². The molecule has 5 nitrogen and oxygen atoms in total. The van der Waals surface area contributed by atoms with Gasteiger partial charge in [0.25, 0.3) is 0 Å². The van der Waals surface area contributed by atoms with Crippen LogP contribution < -0.4 is 4.74 Å². The van der Waals surface area contributed by atoms with Gasteiger partial charge in [-0.05, 0) is 45.0 Å². The van der Waals surface area contributed by atoms with Gasteiger partial charge in [0.05, 0.1) is 12.6 Å². The van der Waals surface area contributed by atoms with Gasteiger partial charge in [-0.25, -0.2) is 9.18 Å². The third kappa shape index (κ3) is 4.19. The molecule has 0 aliphatic carbocycles. The number of nitrogens with zero attached hydrogens (tertiary/aromatic N) is 1. The molecule has 0 spiro atoms. The fourth-order valence-electron chi connectivity index (χ4n) is 2.28. The van der Waals surface area contributed by atoms with Crippen LogP contribution in [0.25, 0.3) is 0 Å². The smallest absolute Gasteiger partial charge is 0.411 e. The van der Waals surface area contributed by atoms with Gasteiger partial charge in [-0.1, -0.05) is 0 Å². The lowest BCUT2D eigenvalue weighted by molar-refractivity contribution is -0.111. The van der Waals surface area contributed by atoms with Crippen LogP contribution in [0.5, 0.6) is 5.75 Å². The average molecular weight is 309 g/mol. The van der Waals surface area contributed by atoms with Crippen molar-refractivity contribution < 1.29 is 23.5 Å². The first-order valence-corrected chi connectivity index (χ1v) is 7.15. The number of benzene rings is 1. The predicted octanol–water partition coefficient (Wildman–Crippen LogP) is 2.78. The number of carbonyl (C=O) groups excluding carboxylic acids is 2. The van der Waals surface area contributed by atoms with Gasteiger partial charge in [-0.2, -0.15) is 0 Å². The fourth-order valence-corrected chi connectivity index (χ4v) is 2.28. The van der Waals surface area contributed by atoms with E-state index in [0.29, 0.717) is 12.2 Å². The minimum absolute atomic E-state index is 0.260. The van der Waals surface area contributed by atoms with E-state index in [2.05, 4.69) is 0 Å². The molecule has 22 heavy (non-hydrogen) atoms. The summed E-state index contributed by atoms with van der Waals surface area (Å²) >= 11 is 0. The van der Waals surface area contributed by atoms with Crippen molar-refractivity contribution in [3.8, 4) is 5.75 Å². The van der Waals surface area contributed by atoms with E-state index in [1.165, 1.54) is 29.2 Å². The lowest BCUT2D eigenvalue weighted by Gasteiger charge is -2.26. The highest BCUT2D eigenvalue weighted by Crippen LogP contribution is 2.24. The van der Waals surface area contributed by atoms with E-state index in [1.807, 2.05) is 0 Å². The molecule has 1 fully saturated rings. The van der Waals surface area contributed by atoms with Gasteiger partial charge in [0.15, 0.2) is 0 Å². The Hall–Kier alpha value is -2.11. The van der Waals surface area contributed by atoms with Gasteiger partial charge in [0.2, 0.25) is 0 Å². The molecule has 1 aliphatic heterocycles. The molecule has 1 aromatic carbocycles. The molecular weight excluding hydrogens is 289 g/mol. The Bertz CT molecular complexity index is 538. The Labute approximate surface area is 129 Å². The second-order valence-corrected chi connectivity index (χ2v) is 6.27. The molecule has 0 N–H and O–H groups in total. The Morgan fingerprint density at radius 3 is 2.50 bits per heavy atom. The van der Waals surface area contributed by atoms with Crippen molar-refractivity contribution in [3.05, 3.63) is 30.1 Å². The van der Waals surface area contributed by atoms with Crippen LogP contribution in [0.1, 0.15) is 27.2 Å². The SMILES string of the molecule is CC(C)(C)OC(=O)N1C[C@@H](Oc2ccc(F)cc2)C[C@H]1C=O. The zero-order valence-corrected chi connectivity index (χ0v) is 12.9. The Balaban J connectivity index is 2.01. The summed E-state index contributed by atoms with van der Waals surface area (Å²) in [4.78, 5) is 24.7. The van der Waals surface area contributed by atoms with E-state index in [9.17, 15) is 14.0 Å². The maximum atomic E-state index is 12.9. The topological polar surface area (TPSA) is 55.8 Å². The van der Waals surface area contributed by atoms with Crippen molar-refractivity contribution in [2.75, 3.05) is 6.54 Å². The van der Waals surface area contributed by atoms with Gasteiger partial charge < -0.3 is 14.3 Å². The summed E-state index contributed by atoms with van der Waals surface area (Å²) in [6.07, 6.45) is 0.251. The third-order valence-electron chi connectivity index (χ3n) is 3.21. The zero-order valence-electron chi connectivity index (χ0n) is 12.9. The second-order valence-electron chi connectivity index (χ2n) is 6.27. The van der Waals surface area contributed by atoms with Gasteiger partial charge in [-0.15, -0.1) is 0 Å². The Kier molecular flexibility index (Phi) is 4.68. The summed E-state index contributed by atoms with van der Waals surface area (Å²) in [6, 6.07) is 5.06. The highest BCUT2D eigenvalue weighted by atomic mass is 19.1. The van der Waals surface area contributed by atoms with Crippen molar-refractivity contribution >= 4 is 12.4 Å². The van der Waals surface area contributed by atoms with Gasteiger partial charge in [-0.3, -0.25) is 4.90 Å². The maximum Gasteiger partial charge on any atom is 0.411 e. The number of hydrogen-bond acceptors (Lipinski definition) is 4. The Morgan fingerprint density at radius 1 is 1.32 bits per heavy atom. The molecule has 1 amide bonds. The second kappa shape index (κ2) is 6.34. The summed E-state index contributed by atoms with van der Waals surface area (Å²) in [5.74, 6) is 0.155. The largest absolute Gasteiger partial charge is 0.488 e. The van der Waals surface area contributed by atoms with E-state index < -0.39 is 17.7 Å². The van der Waals surface area contributed by atoms with Gasteiger partial charge >= 0.3 is 6.09 Å². The van der Waals surface area contributed by atoms with E-state index in [1.54, 1.807) is 20.8 Å². The summed E-state index contributed by atoms with van der Waals surface area (Å²) in [7, 11) is 0. The molecule has 120 valence electrons. The number of likely N-dealkylation sites (tertiary alicyclic amines) is 1. The highest BCUT2D eigenvalue weighted by molar-refractivity contribution is 5.74. The molecular formula is C16H20FNO4. The number of carbonyl (C=O) groups is 2. The zero-order chi connectivity index (χ0) is 16.3. The van der Waals surface area contributed by atoms with Crippen LogP contribution in [-0.4, -0.2) is 41.6 Å². The first-order chi connectivity index (χ1) is 10.3. The molecule has 1 aliphatic rings. The standard InChI is InChI=1S/C16H20FNO4/c1-16(2,3)22-15(20)18-9-14(8-12(18)10-19)21-13-6-4-11(17)5-7-13/h4-7,10,12,14H,8-9H2,1-3H3/t12-,14-/m0/s1. The van der Waals surface area contributed by atoms with Crippen LogP contribution in [0.3, 0.4) is 0 Å². The third-order valence-corrected chi connectivity index (χ3v) is 3.21. The number of aldehydes is 1. The number of amides is 1. The minimum atomic E-state index is -0.625. The monoisotopic (exact) mass is 309 g/mol. The van der Waals surface area contributed by atoms with Gasteiger partial charge in [0, 0.05) is 6.42 Å². The van der Waals surface area contributed by atoms with E-state index in [-0.39, 0.29) is 18.5 Å². The van der Waals surface area contributed by atoms with E-state index >= 15 is 0 Å². The molecule has 0 bridgehead atoms. The number of rotatable bonds is 3. The molecule has 0 radical (unpaired) electrons.